The molecule has 1 aromatic rings. The molecule has 1 amide bonds. The molecule has 0 bridgehead atoms. The smallest absolute Gasteiger partial charge is 0.227 e. The van der Waals surface area contributed by atoms with Gasteiger partial charge in [0, 0.05) is 24.7 Å². The van der Waals surface area contributed by atoms with Crippen LogP contribution in [0.15, 0.2) is 18.2 Å². The molecule has 0 aliphatic carbocycles. The Balaban J connectivity index is 0.00000242. The van der Waals surface area contributed by atoms with E-state index in [1.165, 1.54) is 0 Å². The zero-order valence-electron chi connectivity index (χ0n) is 13.2. The van der Waals surface area contributed by atoms with Gasteiger partial charge in [-0.25, -0.2) is 0 Å². The van der Waals surface area contributed by atoms with Crippen molar-refractivity contribution >= 4 is 18.3 Å². The molecule has 1 unspecified atom stereocenters. The number of likely N-dealkylation sites (tertiary alicyclic amines) is 1. The maximum absolute atomic E-state index is 12.6. The summed E-state index contributed by atoms with van der Waals surface area (Å²) in [7, 11) is 3.22. The van der Waals surface area contributed by atoms with Gasteiger partial charge in [0.25, 0.3) is 0 Å². The number of piperidine rings is 1. The van der Waals surface area contributed by atoms with Crippen LogP contribution in [-0.4, -0.2) is 44.2 Å². The normalized spacial score (nSPS) is 17.6. The topological polar surface area (TPSA) is 64.8 Å². The SMILES string of the molecule is COc1ccc(OC)c(CC(=O)N2CCCCC2CN)c1.Cl. The largest absolute Gasteiger partial charge is 0.497 e. The highest BCUT2D eigenvalue weighted by molar-refractivity contribution is 5.85. The number of hydrogen-bond donors (Lipinski definition) is 1. The minimum absolute atomic E-state index is 0. The van der Waals surface area contributed by atoms with E-state index in [2.05, 4.69) is 0 Å². The number of halogens is 1. The fourth-order valence-electron chi connectivity index (χ4n) is 2.86. The summed E-state index contributed by atoms with van der Waals surface area (Å²) in [5, 5.41) is 0. The van der Waals surface area contributed by atoms with Crippen LogP contribution in [0.1, 0.15) is 24.8 Å². The van der Waals surface area contributed by atoms with Gasteiger partial charge in [-0.3, -0.25) is 4.79 Å². The molecule has 1 aliphatic rings. The number of carbonyl (C=O) groups is 1. The fourth-order valence-corrected chi connectivity index (χ4v) is 2.86. The summed E-state index contributed by atoms with van der Waals surface area (Å²) in [5.41, 5.74) is 6.64. The molecule has 0 aromatic heterocycles. The van der Waals surface area contributed by atoms with Crippen LogP contribution >= 0.6 is 12.4 Å². The van der Waals surface area contributed by atoms with Crippen molar-refractivity contribution in [1.29, 1.82) is 0 Å². The lowest BCUT2D eigenvalue weighted by atomic mass is 10.0. The highest BCUT2D eigenvalue weighted by Gasteiger charge is 2.26. The number of ether oxygens (including phenoxy) is 2. The van der Waals surface area contributed by atoms with Crippen molar-refractivity contribution in [2.24, 2.45) is 5.73 Å². The number of hydrogen-bond acceptors (Lipinski definition) is 4. The van der Waals surface area contributed by atoms with E-state index in [1.807, 2.05) is 23.1 Å². The number of carbonyl (C=O) groups excluding carboxylic acids is 1. The van der Waals surface area contributed by atoms with Crippen molar-refractivity contribution in [2.45, 2.75) is 31.7 Å². The zero-order valence-corrected chi connectivity index (χ0v) is 14.0. The Hall–Kier alpha value is -1.46. The Bertz CT molecular complexity index is 496. The van der Waals surface area contributed by atoms with Gasteiger partial charge in [0.05, 0.1) is 20.6 Å². The fraction of sp³-hybridized carbons (Fsp3) is 0.562. The molecule has 1 saturated heterocycles. The van der Waals surface area contributed by atoms with Crippen molar-refractivity contribution in [3.63, 3.8) is 0 Å². The van der Waals surface area contributed by atoms with Gasteiger partial charge in [0.1, 0.15) is 11.5 Å². The monoisotopic (exact) mass is 328 g/mol. The molecule has 1 aromatic carbocycles. The van der Waals surface area contributed by atoms with Crippen LogP contribution < -0.4 is 15.2 Å². The highest BCUT2D eigenvalue weighted by atomic mass is 35.5. The molecule has 5 nitrogen and oxygen atoms in total. The predicted molar refractivity (Wildman–Crippen MR) is 88.9 cm³/mol. The molecule has 22 heavy (non-hydrogen) atoms. The van der Waals surface area contributed by atoms with Crippen LogP contribution in [-0.2, 0) is 11.2 Å². The number of nitrogens with zero attached hydrogens (tertiary/aromatic N) is 1. The molecule has 2 rings (SSSR count). The average molecular weight is 329 g/mol. The summed E-state index contributed by atoms with van der Waals surface area (Å²) in [4.78, 5) is 14.5. The first kappa shape index (κ1) is 18.6. The summed E-state index contributed by atoms with van der Waals surface area (Å²) in [6, 6.07) is 5.69. The van der Waals surface area contributed by atoms with Gasteiger partial charge < -0.3 is 20.1 Å². The van der Waals surface area contributed by atoms with Gasteiger partial charge in [-0.2, -0.15) is 0 Å². The van der Waals surface area contributed by atoms with E-state index in [9.17, 15) is 4.79 Å². The van der Waals surface area contributed by atoms with Crippen LogP contribution in [0, 0.1) is 0 Å². The third kappa shape index (κ3) is 4.27. The van der Waals surface area contributed by atoms with Gasteiger partial charge in [-0.1, -0.05) is 0 Å². The van der Waals surface area contributed by atoms with Crippen molar-refractivity contribution in [3.05, 3.63) is 23.8 Å². The van der Waals surface area contributed by atoms with E-state index >= 15 is 0 Å². The quantitative estimate of drug-likeness (QED) is 0.898. The number of methoxy groups -OCH3 is 2. The third-order valence-electron chi connectivity index (χ3n) is 4.05. The number of nitrogens with two attached hydrogens (primary N) is 1. The number of amides is 1. The lowest BCUT2D eigenvalue weighted by molar-refractivity contribution is -0.133. The summed E-state index contributed by atoms with van der Waals surface area (Å²) in [6.45, 7) is 1.33. The van der Waals surface area contributed by atoms with Gasteiger partial charge >= 0.3 is 0 Å². The zero-order chi connectivity index (χ0) is 15.2. The van der Waals surface area contributed by atoms with Crippen molar-refractivity contribution in [2.75, 3.05) is 27.3 Å². The molecular weight excluding hydrogens is 304 g/mol. The molecular formula is C16H25ClN2O3. The maximum atomic E-state index is 12.6. The molecule has 124 valence electrons. The summed E-state index contributed by atoms with van der Waals surface area (Å²) < 4.78 is 10.6. The van der Waals surface area contributed by atoms with Crippen LogP contribution in [0.25, 0.3) is 0 Å². The Morgan fingerprint density at radius 3 is 2.73 bits per heavy atom. The van der Waals surface area contributed by atoms with E-state index in [0.717, 1.165) is 37.1 Å². The lowest BCUT2D eigenvalue weighted by Gasteiger charge is -2.35. The predicted octanol–water partition coefficient (Wildman–Crippen LogP) is 2.01. The van der Waals surface area contributed by atoms with Gasteiger partial charge in [0.2, 0.25) is 5.91 Å². The standard InChI is InChI=1S/C16H24N2O3.ClH/c1-20-14-6-7-15(21-2)12(9-14)10-16(19)18-8-4-3-5-13(18)11-17;/h6-7,9,13H,3-5,8,10-11,17H2,1-2H3;1H. The first-order chi connectivity index (χ1) is 10.2. The number of benzene rings is 1. The first-order valence-corrected chi connectivity index (χ1v) is 7.40. The first-order valence-electron chi connectivity index (χ1n) is 7.40. The Morgan fingerprint density at radius 1 is 1.32 bits per heavy atom. The highest BCUT2D eigenvalue weighted by Crippen LogP contribution is 2.26. The van der Waals surface area contributed by atoms with Crippen molar-refractivity contribution < 1.29 is 14.3 Å². The minimum Gasteiger partial charge on any atom is -0.497 e. The molecule has 1 heterocycles. The van der Waals surface area contributed by atoms with E-state index in [4.69, 9.17) is 15.2 Å². The summed E-state index contributed by atoms with van der Waals surface area (Å²) >= 11 is 0. The van der Waals surface area contributed by atoms with E-state index < -0.39 is 0 Å². The molecule has 1 fully saturated rings. The second-order valence-electron chi connectivity index (χ2n) is 5.33. The second-order valence-corrected chi connectivity index (χ2v) is 5.33. The molecule has 0 radical (unpaired) electrons. The second kappa shape index (κ2) is 8.86. The Kier molecular flexibility index (Phi) is 7.48. The van der Waals surface area contributed by atoms with Crippen molar-refractivity contribution in [3.8, 4) is 11.5 Å². The molecule has 1 aliphatic heterocycles. The van der Waals surface area contributed by atoms with Crippen molar-refractivity contribution in [1.82, 2.24) is 4.90 Å². The van der Waals surface area contributed by atoms with E-state index in [-0.39, 0.29) is 24.4 Å². The molecule has 1 atom stereocenters. The maximum Gasteiger partial charge on any atom is 0.227 e. The minimum atomic E-state index is 0. The van der Waals surface area contributed by atoms with E-state index in [1.54, 1.807) is 14.2 Å². The van der Waals surface area contributed by atoms with Crippen LogP contribution in [0.3, 0.4) is 0 Å². The third-order valence-corrected chi connectivity index (χ3v) is 4.05. The molecule has 0 saturated carbocycles. The number of rotatable bonds is 5. The Morgan fingerprint density at radius 2 is 2.09 bits per heavy atom. The van der Waals surface area contributed by atoms with Gasteiger partial charge in [-0.15, -0.1) is 12.4 Å². The molecule has 0 spiro atoms. The van der Waals surface area contributed by atoms with Crippen LogP contribution in [0.4, 0.5) is 0 Å². The summed E-state index contributed by atoms with van der Waals surface area (Å²) in [5.74, 6) is 1.55. The molecule has 6 heteroatoms. The Labute approximate surface area is 138 Å². The van der Waals surface area contributed by atoms with Crippen LogP contribution in [0.2, 0.25) is 0 Å². The molecule has 2 N–H and O–H groups in total. The van der Waals surface area contributed by atoms with Crippen LogP contribution in [0.5, 0.6) is 11.5 Å². The summed E-state index contributed by atoms with van der Waals surface area (Å²) in [6.07, 6.45) is 3.51. The lowest BCUT2D eigenvalue weighted by Crippen LogP contribution is -2.48. The van der Waals surface area contributed by atoms with Gasteiger partial charge in [-0.05, 0) is 37.5 Å². The average Bonchev–Trinajstić information content (AvgIpc) is 2.54. The van der Waals surface area contributed by atoms with Gasteiger partial charge in [0.15, 0.2) is 0 Å². The van der Waals surface area contributed by atoms with E-state index in [0.29, 0.717) is 18.7 Å².